The molecule has 3 nitrogen and oxygen atoms in total. The van der Waals surface area contributed by atoms with Gasteiger partial charge in [-0.3, -0.25) is 4.79 Å². The Bertz CT molecular complexity index is 397. The van der Waals surface area contributed by atoms with Crippen LogP contribution in [0.5, 0.6) is 5.75 Å². The minimum absolute atomic E-state index is 0.151. The second-order valence-electron chi connectivity index (χ2n) is 5.42. The second-order valence-corrected chi connectivity index (χ2v) is 5.42. The number of hydrogen-bond donors (Lipinski definition) is 1. The van der Waals surface area contributed by atoms with Crippen molar-refractivity contribution >= 4 is 5.97 Å². The van der Waals surface area contributed by atoms with E-state index in [0.29, 0.717) is 0 Å². The maximum absolute atomic E-state index is 11.6. The molecule has 0 fully saturated rings. The predicted molar refractivity (Wildman–Crippen MR) is 81.3 cm³/mol. The highest BCUT2D eigenvalue weighted by molar-refractivity contribution is 5.76. The van der Waals surface area contributed by atoms with Gasteiger partial charge in [0.25, 0.3) is 0 Å². The van der Waals surface area contributed by atoms with E-state index >= 15 is 0 Å². The Balaban J connectivity index is 2.69. The SMILES string of the molecule is CCCCCC[C@@H](C)[C@@H](C(=O)O)c1ccc(OC)cc1. The molecule has 0 unspecified atom stereocenters. The zero-order valence-corrected chi connectivity index (χ0v) is 12.8. The van der Waals surface area contributed by atoms with Crippen molar-refractivity contribution in [2.45, 2.75) is 51.9 Å². The molecule has 0 aliphatic heterocycles. The third kappa shape index (κ3) is 4.87. The summed E-state index contributed by atoms with van der Waals surface area (Å²) in [5.74, 6) is -0.257. The predicted octanol–water partition coefficient (Wildman–Crippen LogP) is 4.47. The molecule has 112 valence electrons. The van der Waals surface area contributed by atoms with E-state index in [1.54, 1.807) is 7.11 Å². The lowest BCUT2D eigenvalue weighted by Crippen LogP contribution is -2.19. The topological polar surface area (TPSA) is 46.5 Å². The molecule has 0 aliphatic carbocycles. The first-order valence-corrected chi connectivity index (χ1v) is 7.46. The maximum Gasteiger partial charge on any atom is 0.311 e. The minimum Gasteiger partial charge on any atom is -0.497 e. The van der Waals surface area contributed by atoms with E-state index < -0.39 is 11.9 Å². The van der Waals surface area contributed by atoms with Gasteiger partial charge in [0.15, 0.2) is 0 Å². The number of ether oxygens (including phenoxy) is 1. The van der Waals surface area contributed by atoms with Gasteiger partial charge in [0, 0.05) is 0 Å². The van der Waals surface area contributed by atoms with Crippen LogP contribution in [0.3, 0.4) is 0 Å². The van der Waals surface area contributed by atoms with Crippen LogP contribution in [0.15, 0.2) is 24.3 Å². The van der Waals surface area contributed by atoms with Crippen LogP contribution < -0.4 is 4.74 Å². The highest BCUT2D eigenvalue weighted by atomic mass is 16.5. The Labute approximate surface area is 122 Å². The molecule has 0 spiro atoms. The van der Waals surface area contributed by atoms with Crippen LogP contribution in [0.1, 0.15) is 57.4 Å². The summed E-state index contributed by atoms with van der Waals surface area (Å²) in [7, 11) is 1.61. The van der Waals surface area contributed by atoms with Gasteiger partial charge in [-0.1, -0.05) is 51.7 Å². The quantitative estimate of drug-likeness (QED) is 0.678. The summed E-state index contributed by atoms with van der Waals surface area (Å²) < 4.78 is 5.11. The molecule has 0 aromatic heterocycles. The van der Waals surface area contributed by atoms with Crippen molar-refractivity contribution in [2.24, 2.45) is 5.92 Å². The molecule has 0 saturated heterocycles. The number of carboxylic acid groups (broad SMARTS) is 1. The van der Waals surface area contributed by atoms with Gasteiger partial charge in [0.1, 0.15) is 5.75 Å². The minimum atomic E-state index is -0.738. The van der Waals surface area contributed by atoms with Gasteiger partial charge in [-0.2, -0.15) is 0 Å². The first kappa shape index (κ1) is 16.5. The molecule has 2 atom stereocenters. The molecule has 1 aromatic rings. The van der Waals surface area contributed by atoms with Crippen LogP contribution in [-0.4, -0.2) is 18.2 Å². The van der Waals surface area contributed by atoms with Crippen LogP contribution in [0.25, 0.3) is 0 Å². The van der Waals surface area contributed by atoms with Gasteiger partial charge in [-0.15, -0.1) is 0 Å². The summed E-state index contributed by atoms with van der Waals surface area (Å²) in [6.45, 7) is 4.22. The fourth-order valence-electron chi connectivity index (χ4n) is 2.59. The van der Waals surface area contributed by atoms with E-state index in [2.05, 4.69) is 6.92 Å². The van der Waals surface area contributed by atoms with Crippen molar-refractivity contribution in [3.8, 4) is 5.75 Å². The average molecular weight is 278 g/mol. The molecule has 0 saturated carbocycles. The fraction of sp³-hybridized carbons (Fsp3) is 0.588. The van der Waals surface area contributed by atoms with Crippen molar-refractivity contribution in [2.75, 3.05) is 7.11 Å². The van der Waals surface area contributed by atoms with E-state index in [0.717, 1.165) is 24.2 Å². The maximum atomic E-state index is 11.6. The molecule has 0 radical (unpaired) electrons. The van der Waals surface area contributed by atoms with E-state index in [1.807, 2.05) is 31.2 Å². The van der Waals surface area contributed by atoms with Crippen molar-refractivity contribution in [1.29, 1.82) is 0 Å². The molecule has 0 bridgehead atoms. The molecule has 3 heteroatoms. The molecular weight excluding hydrogens is 252 g/mol. The van der Waals surface area contributed by atoms with E-state index in [4.69, 9.17) is 4.74 Å². The van der Waals surface area contributed by atoms with Gasteiger partial charge in [0.2, 0.25) is 0 Å². The molecule has 0 aliphatic rings. The summed E-state index contributed by atoms with van der Waals surface area (Å²) in [6.07, 6.45) is 5.69. The van der Waals surface area contributed by atoms with Crippen LogP contribution in [-0.2, 0) is 4.79 Å². The third-order valence-electron chi connectivity index (χ3n) is 3.82. The van der Waals surface area contributed by atoms with Gasteiger partial charge in [-0.05, 0) is 30.0 Å². The van der Waals surface area contributed by atoms with Gasteiger partial charge in [0.05, 0.1) is 13.0 Å². The zero-order valence-electron chi connectivity index (χ0n) is 12.8. The van der Waals surface area contributed by atoms with Crippen molar-refractivity contribution in [1.82, 2.24) is 0 Å². The second kappa shape index (κ2) is 8.62. The normalized spacial score (nSPS) is 13.8. The lowest BCUT2D eigenvalue weighted by Gasteiger charge is -2.20. The summed E-state index contributed by atoms with van der Waals surface area (Å²) in [5, 5.41) is 9.50. The fourth-order valence-corrected chi connectivity index (χ4v) is 2.59. The summed E-state index contributed by atoms with van der Waals surface area (Å²) in [6, 6.07) is 7.38. The molecule has 0 amide bonds. The zero-order chi connectivity index (χ0) is 15.0. The highest BCUT2D eigenvalue weighted by Gasteiger charge is 2.26. The van der Waals surface area contributed by atoms with Crippen LogP contribution in [0.4, 0.5) is 0 Å². The Morgan fingerprint density at radius 1 is 1.20 bits per heavy atom. The highest BCUT2D eigenvalue weighted by Crippen LogP contribution is 2.30. The number of carboxylic acids is 1. The van der Waals surface area contributed by atoms with Crippen LogP contribution in [0, 0.1) is 5.92 Å². The Kier molecular flexibility index (Phi) is 7.13. The molecule has 1 rings (SSSR count). The molecule has 20 heavy (non-hydrogen) atoms. The van der Waals surface area contributed by atoms with Gasteiger partial charge in [-0.25, -0.2) is 0 Å². The number of methoxy groups -OCH3 is 1. The number of rotatable bonds is 9. The Morgan fingerprint density at radius 3 is 2.35 bits per heavy atom. The van der Waals surface area contributed by atoms with Crippen LogP contribution >= 0.6 is 0 Å². The van der Waals surface area contributed by atoms with E-state index in [-0.39, 0.29) is 5.92 Å². The van der Waals surface area contributed by atoms with E-state index in [1.165, 1.54) is 19.3 Å². The monoisotopic (exact) mass is 278 g/mol. The standard InChI is InChI=1S/C17H26O3/c1-4-5-6-7-8-13(2)16(17(18)19)14-9-11-15(20-3)12-10-14/h9-13,16H,4-8H2,1-3H3,(H,18,19)/t13-,16-/m1/s1. The Hall–Kier alpha value is -1.51. The molecule has 1 N–H and O–H groups in total. The van der Waals surface area contributed by atoms with Crippen molar-refractivity contribution < 1.29 is 14.6 Å². The average Bonchev–Trinajstić information content (AvgIpc) is 2.44. The lowest BCUT2D eigenvalue weighted by molar-refractivity contribution is -0.140. The van der Waals surface area contributed by atoms with Crippen LogP contribution in [0.2, 0.25) is 0 Å². The van der Waals surface area contributed by atoms with E-state index in [9.17, 15) is 9.90 Å². The first-order valence-electron chi connectivity index (χ1n) is 7.46. The van der Waals surface area contributed by atoms with Crippen molar-refractivity contribution in [3.63, 3.8) is 0 Å². The number of hydrogen-bond acceptors (Lipinski definition) is 2. The smallest absolute Gasteiger partial charge is 0.311 e. The molecule has 1 aromatic carbocycles. The number of benzene rings is 1. The first-order chi connectivity index (χ1) is 9.60. The number of unbranched alkanes of at least 4 members (excludes halogenated alkanes) is 3. The molecule has 0 heterocycles. The van der Waals surface area contributed by atoms with Crippen molar-refractivity contribution in [3.05, 3.63) is 29.8 Å². The van der Waals surface area contributed by atoms with Gasteiger partial charge >= 0.3 is 5.97 Å². The Morgan fingerprint density at radius 2 is 1.85 bits per heavy atom. The summed E-state index contributed by atoms with van der Waals surface area (Å²) in [5.41, 5.74) is 0.862. The lowest BCUT2D eigenvalue weighted by atomic mass is 9.84. The summed E-state index contributed by atoms with van der Waals surface area (Å²) >= 11 is 0. The largest absolute Gasteiger partial charge is 0.497 e. The third-order valence-corrected chi connectivity index (χ3v) is 3.82. The van der Waals surface area contributed by atoms with Gasteiger partial charge < -0.3 is 9.84 Å². The summed E-state index contributed by atoms with van der Waals surface area (Å²) in [4.78, 5) is 11.6. The number of aliphatic carboxylic acids is 1. The molecular formula is C17H26O3. The number of carbonyl (C=O) groups is 1.